The second kappa shape index (κ2) is 14.7. The van der Waals surface area contributed by atoms with Gasteiger partial charge in [-0.25, -0.2) is 4.79 Å². The summed E-state index contributed by atoms with van der Waals surface area (Å²) in [6, 6.07) is 26.6. The molecule has 0 aliphatic carbocycles. The first-order chi connectivity index (χ1) is 17.6. The minimum Gasteiger partial charge on any atom is -0.497 e. The van der Waals surface area contributed by atoms with Crippen LogP contribution in [0.3, 0.4) is 0 Å². The van der Waals surface area contributed by atoms with Crippen LogP contribution in [0.25, 0.3) is 0 Å². The summed E-state index contributed by atoms with van der Waals surface area (Å²) in [5, 5.41) is 0. The number of esters is 1. The SMILES string of the molecule is C=CC[C@@H](C[C@@H](OCc1ccccc1)[C@@H](C=C)OCc1ccc(OC)cc1)OC(=O)c1ccccc1. The van der Waals surface area contributed by atoms with Crippen molar-refractivity contribution >= 4 is 5.97 Å². The zero-order chi connectivity index (χ0) is 25.6. The molecule has 0 aliphatic heterocycles. The van der Waals surface area contributed by atoms with Crippen molar-refractivity contribution in [3.8, 4) is 5.75 Å². The Hall–Kier alpha value is -3.67. The first-order valence-corrected chi connectivity index (χ1v) is 12.0. The van der Waals surface area contributed by atoms with E-state index in [4.69, 9.17) is 18.9 Å². The number of benzene rings is 3. The molecule has 0 saturated heterocycles. The Morgan fingerprint density at radius 3 is 2.06 bits per heavy atom. The summed E-state index contributed by atoms with van der Waals surface area (Å²) in [7, 11) is 1.64. The number of rotatable bonds is 15. The van der Waals surface area contributed by atoms with E-state index >= 15 is 0 Å². The molecule has 3 atom stereocenters. The number of carbonyl (C=O) groups excluding carboxylic acids is 1. The van der Waals surface area contributed by atoms with Crippen LogP contribution in [0.15, 0.2) is 110 Å². The van der Waals surface area contributed by atoms with Crippen LogP contribution in [0.4, 0.5) is 0 Å². The molecule has 0 heterocycles. The van der Waals surface area contributed by atoms with Gasteiger partial charge in [0.05, 0.1) is 32.0 Å². The van der Waals surface area contributed by atoms with E-state index in [-0.39, 0.29) is 5.97 Å². The molecule has 3 rings (SSSR count). The van der Waals surface area contributed by atoms with Crippen molar-refractivity contribution in [2.75, 3.05) is 7.11 Å². The zero-order valence-corrected chi connectivity index (χ0v) is 20.8. The summed E-state index contributed by atoms with van der Waals surface area (Å²) in [5.41, 5.74) is 2.55. The molecule has 0 saturated carbocycles. The first-order valence-electron chi connectivity index (χ1n) is 12.0. The standard InChI is InChI=1S/C31H34O5/c1-4-12-28(36-31(32)26-15-10-7-11-16-26)21-30(35-22-24-13-8-6-9-14-24)29(5-2)34-23-25-17-19-27(33-3)20-18-25/h4-11,13-20,28-30H,1-2,12,21-23H2,3H3/t28-,29+,30+/m0/s1. The largest absolute Gasteiger partial charge is 0.497 e. The van der Waals surface area contributed by atoms with Crippen LogP contribution < -0.4 is 4.74 Å². The predicted octanol–water partition coefficient (Wildman–Crippen LogP) is 6.54. The summed E-state index contributed by atoms with van der Waals surface area (Å²) < 4.78 is 23.6. The monoisotopic (exact) mass is 486 g/mol. The normalized spacial score (nSPS) is 13.2. The summed E-state index contributed by atoms with van der Waals surface area (Å²) in [5.74, 6) is 0.411. The van der Waals surface area contributed by atoms with Gasteiger partial charge in [0, 0.05) is 12.8 Å². The highest BCUT2D eigenvalue weighted by molar-refractivity contribution is 5.89. The number of carbonyl (C=O) groups is 1. The van der Waals surface area contributed by atoms with E-state index in [0.717, 1.165) is 16.9 Å². The Labute approximate surface area is 214 Å². The third kappa shape index (κ3) is 8.52. The lowest BCUT2D eigenvalue weighted by molar-refractivity contribution is -0.0834. The van der Waals surface area contributed by atoms with Crippen LogP contribution >= 0.6 is 0 Å². The molecular weight excluding hydrogens is 452 g/mol. The minimum absolute atomic E-state index is 0.376. The highest BCUT2D eigenvalue weighted by Gasteiger charge is 2.27. The Bertz CT molecular complexity index is 1060. The highest BCUT2D eigenvalue weighted by Crippen LogP contribution is 2.21. The first kappa shape index (κ1) is 26.9. The molecule has 0 aliphatic rings. The van der Waals surface area contributed by atoms with Gasteiger partial charge in [0.2, 0.25) is 0 Å². The van der Waals surface area contributed by atoms with Crippen LogP contribution in [-0.2, 0) is 27.4 Å². The summed E-state index contributed by atoms with van der Waals surface area (Å²) in [6.45, 7) is 8.60. The average Bonchev–Trinajstić information content (AvgIpc) is 2.93. The second-order valence-corrected chi connectivity index (χ2v) is 8.35. The van der Waals surface area contributed by atoms with Gasteiger partial charge in [-0.05, 0) is 35.4 Å². The summed E-state index contributed by atoms with van der Waals surface area (Å²) >= 11 is 0. The maximum absolute atomic E-state index is 12.7. The molecule has 0 N–H and O–H groups in total. The van der Waals surface area contributed by atoms with E-state index in [2.05, 4.69) is 13.2 Å². The third-order valence-corrected chi connectivity index (χ3v) is 5.72. The lowest BCUT2D eigenvalue weighted by Crippen LogP contribution is -2.35. The molecule has 0 spiro atoms. The molecule has 3 aromatic carbocycles. The van der Waals surface area contributed by atoms with E-state index in [1.165, 1.54) is 0 Å². The molecule has 188 valence electrons. The number of methoxy groups -OCH3 is 1. The molecule has 5 heteroatoms. The fourth-order valence-corrected chi connectivity index (χ4v) is 3.75. The van der Waals surface area contributed by atoms with E-state index in [0.29, 0.717) is 31.6 Å². The average molecular weight is 487 g/mol. The van der Waals surface area contributed by atoms with Gasteiger partial charge in [-0.2, -0.15) is 0 Å². The molecule has 0 amide bonds. The number of hydrogen-bond donors (Lipinski definition) is 0. The fraction of sp³-hybridized carbons (Fsp3) is 0.258. The van der Waals surface area contributed by atoms with Crippen molar-refractivity contribution in [1.82, 2.24) is 0 Å². The minimum atomic E-state index is -0.428. The van der Waals surface area contributed by atoms with Crippen LogP contribution in [0, 0.1) is 0 Å². The quantitative estimate of drug-likeness (QED) is 0.180. The second-order valence-electron chi connectivity index (χ2n) is 8.35. The molecule has 0 bridgehead atoms. The Kier molecular flexibility index (Phi) is 11.0. The van der Waals surface area contributed by atoms with Gasteiger partial charge in [-0.1, -0.05) is 72.8 Å². The molecule has 36 heavy (non-hydrogen) atoms. The molecule has 3 aromatic rings. The number of hydrogen-bond acceptors (Lipinski definition) is 5. The van der Waals surface area contributed by atoms with Crippen molar-refractivity contribution < 1.29 is 23.7 Å². The molecule has 0 unspecified atom stereocenters. The van der Waals surface area contributed by atoms with Crippen molar-refractivity contribution in [3.63, 3.8) is 0 Å². The van der Waals surface area contributed by atoms with Gasteiger partial charge < -0.3 is 18.9 Å². The van der Waals surface area contributed by atoms with Crippen molar-refractivity contribution in [1.29, 1.82) is 0 Å². The molecule has 0 fully saturated rings. The lowest BCUT2D eigenvalue weighted by Gasteiger charge is -2.29. The summed E-state index contributed by atoms with van der Waals surface area (Å²) in [6.07, 6.45) is 3.17. The van der Waals surface area contributed by atoms with E-state index in [9.17, 15) is 4.79 Å². The van der Waals surface area contributed by atoms with Crippen LogP contribution in [0.2, 0.25) is 0 Å². The number of ether oxygens (including phenoxy) is 4. The predicted molar refractivity (Wildman–Crippen MR) is 142 cm³/mol. The van der Waals surface area contributed by atoms with Gasteiger partial charge in [-0.15, -0.1) is 13.2 Å². The van der Waals surface area contributed by atoms with Gasteiger partial charge in [0.15, 0.2) is 0 Å². The topological polar surface area (TPSA) is 54.0 Å². The van der Waals surface area contributed by atoms with Crippen molar-refractivity contribution in [3.05, 3.63) is 127 Å². The highest BCUT2D eigenvalue weighted by atomic mass is 16.6. The molecule has 5 nitrogen and oxygen atoms in total. The third-order valence-electron chi connectivity index (χ3n) is 5.72. The molecule has 0 aromatic heterocycles. The fourth-order valence-electron chi connectivity index (χ4n) is 3.75. The van der Waals surface area contributed by atoms with E-state index in [1.54, 1.807) is 31.4 Å². The van der Waals surface area contributed by atoms with Crippen molar-refractivity contribution in [2.45, 2.75) is 44.4 Å². The van der Waals surface area contributed by atoms with Gasteiger partial charge in [0.25, 0.3) is 0 Å². The van der Waals surface area contributed by atoms with E-state index < -0.39 is 18.3 Å². The Morgan fingerprint density at radius 2 is 1.44 bits per heavy atom. The van der Waals surface area contributed by atoms with E-state index in [1.807, 2.05) is 72.8 Å². The maximum atomic E-state index is 12.7. The van der Waals surface area contributed by atoms with Gasteiger partial charge in [-0.3, -0.25) is 0 Å². The smallest absolute Gasteiger partial charge is 0.338 e. The Morgan fingerprint density at radius 1 is 0.833 bits per heavy atom. The maximum Gasteiger partial charge on any atom is 0.338 e. The van der Waals surface area contributed by atoms with Crippen LogP contribution in [-0.4, -0.2) is 31.4 Å². The lowest BCUT2D eigenvalue weighted by atomic mass is 10.0. The van der Waals surface area contributed by atoms with Crippen LogP contribution in [0.5, 0.6) is 5.75 Å². The molecular formula is C31H34O5. The van der Waals surface area contributed by atoms with Gasteiger partial charge >= 0.3 is 5.97 Å². The summed E-state index contributed by atoms with van der Waals surface area (Å²) in [4.78, 5) is 12.7. The van der Waals surface area contributed by atoms with Crippen molar-refractivity contribution in [2.24, 2.45) is 0 Å². The zero-order valence-electron chi connectivity index (χ0n) is 20.8. The van der Waals surface area contributed by atoms with Gasteiger partial charge in [0.1, 0.15) is 18.0 Å². The van der Waals surface area contributed by atoms with Crippen LogP contribution in [0.1, 0.15) is 34.3 Å². The molecule has 0 radical (unpaired) electrons. The Balaban J connectivity index is 1.72.